The molecule has 0 saturated heterocycles. The second kappa shape index (κ2) is 7.23. The molecule has 1 aliphatic carbocycles. The molecule has 2 aliphatic rings. The zero-order chi connectivity index (χ0) is 13.1. The fourth-order valence-corrected chi connectivity index (χ4v) is 3.80. The van der Waals surface area contributed by atoms with Gasteiger partial charge in [0.2, 0.25) is 0 Å². The maximum Gasteiger partial charge on any atom is 0.157 e. The van der Waals surface area contributed by atoms with Gasteiger partial charge in [-0.1, -0.05) is 42.8 Å². The van der Waals surface area contributed by atoms with Crippen LogP contribution in [0.25, 0.3) is 0 Å². The summed E-state index contributed by atoms with van der Waals surface area (Å²) in [7, 11) is 1.73. The van der Waals surface area contributed by atoms with E-state index < -0.39 is 0 Å². The lowest BCUT2D eigenvalue weighted by atomic mass is 9.92. The zero-order valence-electron chi connectivity index (χ0n) is 11.7. The van der Waals surface area contributed by atoms with Crippen LogP contribution in [0.1, 0.15) is 31.2 Å². The number of aliphatic imine (C=N–C) groups is 1. The topological polar surface area (TPSA) is 33.6 Å². The fourth-order valence-electron chi connectivity index (χ4n) is 2.83. The molecule has 0 aromatic heterocycles. The number of amidine groups is 1. The molecule has 2 unspecified atom stereocenters. The normalized spacial score (nSPS) is 24.1. The highest BCUT2D eigenvalue weighted by atomic mass is 35.5. The Balaban J connectivity index is 0.00000147. The van der Waals surface area contributed by atoms with Crippen LogP contribution >= 0.6 is 24.2 Å². The second-order valence-electron chi connectivity index (χ2n) is 5.14. The quantitative estimate of drug-likeness (QED) is 0.925. The van der Waals surface area contributed by atoms with Crippen molar-refractivity contribution in [2.45, 2.75) is 43.5 Å². The van der Waals surface area contributed by atoms with Crippen molar-refractivity contribution in [3.63, 3.8) is 0 Å². The SMILES string of the molecule is COc1ccccc1CSC1=NC2CCCCC2N1.Cl. The van der Waals surface area contributed by atoms with E-state index in [1.54, 1.807) is 18.9 Å². The number of halogens is 1. The maximum absolute atomic E-state index is 5.38. The number of hydrogen-bond donors (Lipinski definition) is 1. The highest BCUT2D eigenvalue weighted by Crippen LogP contribution is 2.29. The molecule has 3 rings (SSSR count). The first-order valence-electron chi connectivity index (χ1n) is 6.96. The molecule has 1 saturated carbocycles. The van der Waals surface area contributed by atoms with Crippen LogP contribution in [0.3, 0.4) is 0 Å². The van der Waals surface area contributed by atoms with Crippen LogP contribution in [0.4, 0.5) is 0 Å². The first-order chi connectivity index (χ1) is 9.36. The van der Waals surface area contributed by atoms with E-state index >= 15 is 0 Å². The summed E-state index contributed by atoms with van der Waals surface area (Å²) in [6.07, 6.45) is 5.19. The smallest absolute Gasteiger partial charge is 0.157 e. The molecular weight excluding hydrogens is 292 g/mol. The Hall–Kier alpha value is -0.870. The minimum absolute atomic E-state index is 0. The summed E-state index contributed by atoms with van der Waals surface area (Å²) in [4.78, 5) is 4.81. The van der Waals surface area contributed by atoms with Gasteiger partial charge in [0, 0.05) is 11.3 Å². The van der Waals surface area contributed by atoms with E-state index in [1.165, 1.54) is 31.2 Å². The van der Waals surface area contributed by atoms with Gasteiger partial charge >= 0.3 is 0 Å². The summed E-state index contributed by atoms with van der Waals surface area (Å²) in [5, 5.41) is 4.69. The average molecular weight is 313 g/mol. The van der Waals surface area contributed by atoms with Crippen LogP contribution < -0.4 is 10.1 Å². The lowest BCUT2D eigenvalue weighted by molar-refractivity contribution is 0.385. The van der Waals surface area contributed by atoms with Crippen LogP contribution in [-0.2, 0) is 5.75 Å². The van der Waals surface area contributed by atoms with Gasteiger partial charge in [0.1, 0.15) is 5.75 Å². The van der Waals surface area contributed by atoms with E-state index in [0.29, 0.717) is 12.1 Å². The average Bonchev–Trinajstić information content (AvgIpc) is 2.88. The number of nitrogens with one attached hydrogen (secondary N) is 1. The minimum atomic E-state index is 0. The first kappa shape index (κ1) is 15.5. The lowest BCUT2D eigenvalue weighted by Gasteiger charge is -2.23. The van der Waals surface area contributed by atoms with Crippen molar-refractivity contribution in [1.29, 1.82) is 0 Å². The molecule has 110 valence electrons. The molecule has 0 radical (unpaired) electrons. The molecule has 1 heterocycles. The zero-order valence-corrected chi connectivity index (χ0v) is 13.3. The van der Waals surface area contributed by atoms with Crippen molar-refractivity contribution < 1.29 is 4.74 Å². The molecule has 1 aromatic rings. The summed E-state index contributed by atoms with van der Waals surface area (Å²) in [6.45, 7) is 0. The van der Waals surface area contributed by atoms with Crippen LogP contribution in [0.15, 0.2) is 29.3 Å². The van der Waals surface area contributed by atoms with Crippen LogP contribution in [0.5, 0.6) is 5.75 Å². The van der Waals surface area contributed by atoms with Crippen molar-refractivity contribution >= 4 is 29.3 Å². The Bertz CT molecular complexity index is 481. The third-order valence-corrected chi connectivity index (χ3v) is 4.83. The molecule has 3 nitrogen and oxygen atoms in total. The third-order valence-electron chi connectivity index (χ3n) is 3.88. The number of fused-ring (bicyclic) bond motifs is 1. The van der Waals surface area contributed by atoms with Crippen LogP contribution in [-0.4, -0.2) is 24.4 Å². The number of thioether (sulfide) groups is 1. The molecule has 0 amide bonds. The van der Waals surface area contributed by atoms with Crippen LogP contribution in [0, 0.1) is 0 Å². The molecule has 1 fully saturated rings. The maximum atomic E-state index is 5.38. The Labute approximate surface area is 131 Å². The van der Waals surface area contributed by atoms with Gasteiger partial charge in [0.25, 0.3) is 0 Å². The van der Waals surface area contributed by atoms with Crippen molar-refractivity contribution in [3.05, 3.63) is 29.8 Å². The number of nitrogens with zero attached hydrogens (tertiary/aromatic N) is 1. The van der Waals surface area contributed by atoms with Gasteiger partial charge in [0.05, 0.1) is 19.2 Å². The van der Waals surface area contributed by atoms with Gasteiger partial charge in [0.15, 0.2) is 5.17 Å². The van der Waals surface area contributed by atoms with Gasteiger partial charge in [-0.05, 0) is 18.9 Å². The van der Waals surface area contributed by atoms with E-state index in [9.17, 15) is 0 Å². The third kappa shape index (κ3) is 3.41. The summed E-state index contributed by atoms with van der Waals surface area (Å²) in [6, 6.07) is 9.31. The van der Waals surface area contributed by atoms with E-state index in [-0.39, 0.29) is 12.4 Å². The van der Waals surface area contributed by atoms with Gasteiger partial charge in [-0.15, -0.1) is 12.4 Å². The summed E-state index contributed by atoms with van der Waals surface area (Å²) < 4.78 is 5.38. The molecule has 1 N–H and O–H groups in total. The number of para-hydroxylation sites is 1. The molecule has 1 aliphatic heterocycles. The molecule has 0 spiro atoms. The standard InChI is InChI=1S/C15H20N2OS.ClH/c1-18-14-9-5-2-6-11(14)10-19-15-16-12-7-3-4-8-13(12)17-15;/h2,5-6,9,12-13H,3-4,7-8,10H2,1H3,(H,16,17);1H. The monoisotopic (exact) mass is 312 g/mol. The number of benzene rings is 1. The Morgan fingerprint density at radius 3 is 2.90 bits per heavy atom. The van der Waals surface area contributed by atoms with Crippen molar-refractivity contribution in [3.8, 4) is 5.75 Å². The number of ether oxygens (including phenoxy) is 1. The van der Waals surface area contributed by atoms with E-state index in [0.717, 1.165) is 16.7 Å². The highest BCUT2D eigenvalue weighted by molar-refractivity contribution is 8.13. The lowest BCUT2D eigenvalue weighted by Crippen LogP contribution is -2.36. The number of methoxy groups -OCH3 is 1. The molecular formula is C15H21ClN2OS. The predicted octanol–water partition coefficient (Wildman–Crippen LogP) is 3.62. The Morgan fingerprint density at radius 1 is 1.30 bits per heavy atom. The molecule has 1 aromatic carbocycles. The Morgan fingerprint density at radius 2 is 2.10 bits per heavy atom. The van der Waals surface area contributed by atoms with Crippen molar-refractivity contribution in [2.75, 3.05) is 7.11 Å². The summed E-state index contributed by atoms with van der Waals surface area (Å²) in [5.74, 6) is 1.88. The van der Waals surface area contributed by atoms with E-state index in [1.807, 2.05) is 12.1 Å². The fraction of sp³-hybridized carbons (Fsp3) is 0.533. The van der Waals surface area contributed by atoms with Crippen molar-refractivity contribution in [2.24, 2.45) is 4.99 Å². The van der Waals surface area contributed by atoms with E-state index in [4.69, 9.17) is 9.73 Å². The predicted molar refractivity (Wildman–Crippen MR) is 88.2 cm³/mol. The second-order valence-corrected chi connectivity index (χ2v) is 6.10. The van der Waals surface area contributed by atoms with Crippen molar-refractivity contribution in [1.82, 2.24) is 5.32 Å². The Kier molecular flexibility index (Phi) is 5.61. The molecule has 0 bridgehead atoms. The highest BCUT2D eigenvalue weighted by Gasteiger charge is 2.30. The number of hydrogen-bond acceptors (Lipinski definition) is 4. The van der Waals surface area contributed by atoms with Gasteiger partial charge in [-0.3, -0.25) is 4.99 Å². The largest absolute Gasteiger partial charge is 0.496 e. The van der Waals surface area contributed by atoms with Crippen LogP contribution in [0.2, 0.25) is 0 Å². The first-order valence-corrected chi connectivity index (χ1v) is 7.94. The molecule has 2 atom stereocenters. The van der Waals surface area contributed by atoms with Gasteiger partial charge in [-0.2, -0.15) is 0 Å². The summed E-state index contributed by atoms with van der Waals surface area (Å²) in [5.41, 5.74) is 1.23. The molecule has 5 heteroatoms. The minimum Gasteiger partial charge on any atom is -0.496 e. The molecule has 20 heavy (non-hydrogen) atoms. The number of rotatable bonds is 3. The van der Waals surface area contributed by atoms with Gasteiger partial charge < -0.3 is 10.1 Å². The summed E-state index contributed by atoms with van der Waals surface area (Å²) >= 11 is 1.79. The van der Waals surface area contributed by atoms with E-state index in [2.05, 4.69) is 17.4 Å². The van der Waals surface area contributed by atoms with Gasteiger partial charge in [-0.25, -0.2) is 0 Å².